The molecule has 1 heterocycles. The molecule has 2 amide bonds. The topological polar surface area (TPSA) is 69.6 Å². The van der Waals surface area contributed by atoms with E-state index in [0.717, 1.165) is 0 Å². The van der Waals surface area contributed by atoms with Gasteiger partial charge in [0.15, 0.2) is 5.11 Å². The van der Waals surface area contributed by atoms with Crippen LogP contribution < -0.4 is 10.2 Å². The Morgan fingerprint density at radius 3 is 2.48 bits per heavy atom. The molecule has 25 heavy (non-hydrogen) atoms. The first kappa shape index (κ1) is 17.4. The number of carbonyl (C=O) groups is 2. The minimum atomic E-state index is -0.669. The van der Waals surface area contributed by atoms with E-state index in [1.54, 1.807) is 30.3 Å². The third-order valence-corrected chi connectivity index (χ3v) is 4.26. The molecule has 1 saturated heterocycles. The van der Waals surface area contributed by atoms with E-state index in [4.69, 9.17) is 35.4 Å². The summed E-state index contributed by atoms with van der Waals surface area (Å²) in [6, 6.07) is 11.4. The van der Waals surface area contributed by atoms with Crippen molar-refractivity contribution in [2.75, 3.05) is 4.90 Å². The van der Waals surface area contributed by atoms with Crippen LogP contribution in [0.4, 0.5) is 5.69 Å². The lowest BCUT2D eigenvalue weighted by molar-refractivity contribution is -0.122. The maximum absolute atomic E-state index is 12.8. The van der Waals surface area contributed by atoms with Crippen LogP contribution in [-0.2, 0) is 9.59 Å². The maximum Gasteiger partial charge on any atom is 0.270 e. The summed E-state index contributed by atoms with van der Waals surface area (Å²) in [7, 11) is 0. The van der Waals surface area contributed by atoms with Crippen LogP contribution in [0.5, 0.6) is 5.75 Å². The van der Waals surface area contributed by atoms with Crippen molar-refractivity contribution in [3.05, 3.63) is 63.6 Å². The van der Waals surface area contributed by atoms with Crippen LogP contribution >= 0.6 is 35.4 Å². The van der Waals surface area contributed by atoms with Crippen molar-refractivity contribution < 1.29 is 14.7 Å². The normalized spacial score (nSPS) is 16.3. The summed E-state index contributed by atoms with van der Waals surface area (Å²) in [5.41, 5.74) is 0.458. The van der Waals surface area contributed by atoms with Crippen LogP contribution in [0, 0.1) is 0 Å². The Labute approximate surface area is 158 Å². The van der Waals surface area contributed by atoms with Gasteiger partial charge in [-0.2, -0.15) is 0 Å². The minimum Gasteiger partial charge on any atom is -0.506 e. The van der Waals surface area contributed by atoms with Crippen molar-refractivity contribution in [1.82, 2.24) is 5.32 Å². The van der Waals surface area contributed by atoms with Gasteiger partial charge in [0.1, 0.15) is 11.3 Å². The van der Waals surface area contributed by atoms with Gasteiger partial charge in [-0.15, -0.1) is 0 Å². The number of para-hydroxylation sites is 1. The molecule has 0 aromatic heterocycles. The van der Waals surface area contributed by atoms with Gasteiger partial charge in [-0.25, -0.2) is 0 Å². The highest BCUT2D eigenvalue weighted by Crippen LogP contribution is 2.33. The van der Waals surface area contributed by atoms with E-state index in [1.165, 1.54) is 23.1 Å². The van der Waals surface area contributed by atoms with Gasteiger partial charge in [-0.05, 0) is 42.6 Å². The molecule has 3 rings (SSSR count). The molecule has 8 heteroatoms. The molecule has 2 aromatic carbocycles. The van der Waals surface area contributed by atoms with Crippen LogP contribution in [0.3, 0.4) is 0 Å². The van der Waals surface area contributed by atoms with Crippen molar-refractivity contribution in [2.24, 2.45) is 0 Å². The average Bonchev–Trinajstić information content (AvgIpc) is 2.56. The number of hydrogen-bond acceptors (Lipinski definition) is 4. The molecule has 1 aliphatic rings. The smallest absolute Gasteiger partial charge is 0.270 e. The quantitative estimate of drug-likeness (QED) is 0.465. The van der Waals surface area contributed by atoms with Crippen LogP contribution in [0.2, 0.25) is 10.0 Å². The third-order valence-electron chi connectivity index (χ3n) is 3.47. The number of hydrogen-bond donors (Lipinski definition) is 2. The molecule has 0 atom stereocenters. The summed E-state index contributed by atoms with van der Waals surface area (Å²) in [5, 5.41) is 12.8. The lowest BCUT2D eigenvalue weighted by Gasteiger charge is -2.28. The van der Waals surface area contributed by atoms with Gasteiger partial charge in [0.2, 0.25) is 0 Å². The number of nitrogens with zero attached hydrogens (tertiary/aromatic N) is 1. The molecule has 1 aliphatic heterocycles. The first-order valence-corrected chi connectivity index (χ1v) is 8.19. The molecular formula is C17H10Cl2N2O3S. The molecule has 0 aliphatic carbocycles. The second-order valence-corrected chi connectivity index (χ2v) is 6.35. The number of halogens is 2. The molecular weight excluding hydrogens is 383 g/mol. The number of thiocarbonyl (C=S) groups is 1. The second-order valence-electron chi connectivity index (χ2n) is 5.12. The summed E-state index contributed by atoms with van der Waals surface area (Å²) in [6.45, 7) is 0. The van der Waals surface area contributed by atoms with Crippen LogP contribution in [0.1, 0.15) is 5.56 Å². The number of phenolic OH excluding ortho intramolecular Hbond substituents is 1. The Hall–Kier alpha value is -2.41. The fourth-order valence-electron chi connectivity index (χ4n) is 2.32. The van der Waals surface area contributed by atoms with Crippen molar-refractivity contribution in [3.8, 4) is 5.75 Å². The summed E-state index contributed by atoms with van der Waals surface area (Å²) in [4.78, 5) is 26.2. The average molecular weight is 393 g/mol. The van der Waals surface area contributed by atoms with E-state index in [-0.39, 0.29) is 32.0 Å². The molecule has 2 N–H and O–H groups in total. The second kappa shape index (κ2) is 6.84. The molecule has 0 spiro atoms. The SMILES string of the molecule is O=C1NC(=S)N(c2ccccc2)C(=O)/C1=C/c1cc(Cl)cc(Cl)c1O. The highest BCUT2D eigenvalue weighted by molar-refractivity contribution is 7.80. The Kier molecular flexibility index (Phi) is 4.76. The Morgan fingerprint density at radius 2 is 1.80 bits per heavy atom. The number of benzene rings is 2. The largest absolute Gasteiger partial charge is 0.506 e. The number of phenols is 1. The first-order chi connectivity index (χ1) is 11.9. The van der Waals surface area contributed by atoms with E-state index in [9.17, 15) is 14.7 Å². The minimum absolute atomic E-state index is 0.0125. The summed E-state index contributed by atoms with van der Waals surface area (Å²) < 4.78 is 0. The number of nitrogens with one attached hydrogen (secondary N) is 1. The van der Waals surface area contributed by atoms with E-state index in [1.807, 2.05) is 0 Å². The lowest BCUT2D eigenvalue weighted by atomic mass is 10.1. The van der Waals surface area contributed by atoms with Gasteiger partial charge in [0.25, 0.3) is 11.8 Å². The number of aromatic hydroxyl groups is 1. The molecule has 0 unspecified atom stereocenters. The van der Waals surface area contributed by atoms with E-state index in [0.29, 0.717) is 5.69 Å². The fraction of sp³-hybridized carbons (Fsp3) is 0. The van der Waals surface area contributed by atoms with Gasteiger partial charge in [0, 0.05) is 10.6 Å². The van der Waals surface area contributed by atoms with E-state index >= 15 is 0 Å². The van der Waals surface area contributed by atoms with Gasteiger partial charge in [-0.1, -0.05) is 41.4 Å². The summed E-state index contributed by atoms with van der Waals surface area (Å²) in [5.74, 6) is -1.56. The number of rotatable bonds is 2. The summed E-state index contributed by atoms with van der Waals surface area (Å²) >= 11 is 16.9. The highest BCUT2D eigenvalue weighted by Gasteiger charge is 2.34. The van der Waals surface area contributed by atoms with Crippen molar-refractivity contribution in [1.29, 1.82) is 0 Å². The Balaban J connectivity index is 2.08. The molecule has 0 radical (unpaired) electrons. The van der Waals surface area contributed by atoms with Crippen LogP contribution in [0.25, 0.3) is 6.08 Å². The van der Waals surface area contributed by atoms with Gasteiger partial charge < -0.3 is 5.11 Å². The van der Waals surface area contributed by atoms with Gasteiger partial charge in [-0.3, -0.25) is 19.8 Å². The molecule has 5 nitrogen and oxygen atoms in total. The predicted octanol–water partition coefficient (Wildman–Crippen LogP) is 3.53. The zero-order valence-corrected chi connectivity index (χ0v) is 14.8. The molecule has 126 valence electrons. The zero-order chi connectivity index (χ0) is 18.1. The number of amides is 2. The Morgan fingerprint density at radius 1 is 1.12 bits per heavy atom. The third kappa shape index (κ3) is 3.37. The summed E-state index contributed by atoms with van der Waals surface area (Å²) in [6.07, 6.45) is 1.22. The molecule has 2 aromatic rings. The van der Waals surface area contributed by atoms with Crippen molar-refractivity contribution >= 4 is 64.1 Å². The molecule has 0 saturated carbocycles. The van der Waals surface area contributed by atoms with Crippen molar-refractivity contribution in [3.63, 3.8) is 0 Å². The fourth-order valence-corrected chi connectivity index (χ4v) is 3.11. The number of anilines is 1. The highest BCUT2D eigenvalue weighted by atomic mass is 35.5. The number of carbonyl (C=O) groups excluding carboxylic acids is 2. The van der Waals surface area contributed by atoms with Gasteiger partial charge in [0.05, 0.1) is 10.7 Å². The Bertz CT molecular complexity index is 929. The molecule has 0 bridgehead atoms. The predicted molar refractivity (Wildman–Crippen MR) is 101 cm³/mol. The maximum atomic E-state index is 12.8. The van der Waals surface area contributed by atoms with E-state index in [2.05, 4.69) is 5.32 Å². The van der Waals surface area contributed by atoms with Crippen molar-refractivity contribution in [2.45, 2.75) is 0 Å². The first-order valence-electron chi connectivity index (χ1n) is 7.03. The monoisotopic (exact) mass is 392 g/mol. The lowest BCUT2D eigenvalue weighted by Crippen LogP contribution is -2.54. The molecule has 1 fully saturated rings. The zero-order valence-electron chi connectivity index (χ0n) is 12.5. The van der Waals surface area contributed by atoms with Gasteiger partial charge >= 0.3 is 0 Å². The van der Waals surface area contributed by atoms with Crippen LogP contribution in [0.15, 0.2) is 48.0 Å². The van der Waals surface area contributed by atoms with E-state index < -0.39 is 11.8 Å². The standard InChI is InChI=1S/C17H10Cl2N2O3S/c18-10-6-9(14(22)13(19)8-10)7-12-15(23)20-17(25)21(16(12)24)11-4-2-1-3-5-11/h1-8,22H,(H,20,23,25)/b12-7+. The van der Waals surface area contributed by atoms with Crippen LogP contribution in [-0.4, -0.2) is 22.0 Å².